The maximum absolute atomic E-state index is 11.8. The van der Waals surface area contributed by atoms with Gasteiger partial charge >= 0.3 is 11.9 Å². The third-order valence-corrected chi connectivity index (χ3v) is 4.32. The molecule has 0 amide bonds. The summed E-state index contributed by atoms with van der Waals surface area (Å²) in [6.45, 7) is 0. The van der Waals surface area contributed by atoms with E-state index in [0.717, 1.165) is 21.5 Å². The first-order chi connectivity index (χ1) is 11.6. The van der Waals surface area contributed by atoms with Crippen LogP contribution in [0.2, 0.25) is 0 Å². The van der Waals surface area contributed by atoms with Crippen LogP contribution in [0.25, 0.3) is 32.3 Å². The summed E-state index contributed by atoms with van der Waals surface area (Å²) < 4.78 is 0. The molecule has 4 nitrogen and oxygen atoms in total. The Labute approximate surface area is 136 Å². The van der Waals surface area contributed by atoms with E-state index in [-0.39, 0.29) is 11.1 Å². The van der Waals surface area contributed by atoms with Crippen molar-refractivity contribution in [1.29, 1.82) is 0 Å². The maximum Gasteiger partial charge on any atom is 0.336 e. The molecule has 0 fully saturated rings. The van der Waals surface area contributed by atoms with E-state index in [1.54, 1.807) is 30.3 Å². The molecule has 24 heavy (non-hydrogen) atoms. The second-order valence-electron chi connectivity index (χ2n) is 5.68. The van der Waals surface area contributed by atoms with Gasteiger partial charge in [0.05, 0.1) is 11.1 Å². The molecule has 4 heteroatoms. The molecule has 0 bridgehead atoms. The van der Waals surface area contributed by atoms with Gasteiger partial charge in [-0.2, -0.15) is 0 Å². The molecule has 0 radical (unpaired) electrons. The largest absolute Gasteiger partial charge is 0.478 e. The summed E-state index contributed by atoms with van der Waals surface area (Å²) in [6, 6.07) is 17.7. The van der Waals surface area contributed by atoms with E-state index in [9.17, 15) is 19.8 Å². The fraction of sp³-hybridized carbons (Fsp3) is 0. The molecule has 116 valence electrons. The van der Waals surface area contributed by atoms with Gasteiger partial charge in [-0.1, -0.05) is 42.5 Å². The van der Waals surface area contributed by atoms with Crippen LogP contribution >= 0.6 is 0 Å². The van der Waals surface area contributed by atoms with E-state index < -0.39 is 11.9 Å². The van der Waals surface area contributed by atoms with E-state index in [2.05, 4.69) is 0 Å². The monoisotopic (exact) mass is 316 g/mol. The zero-order valence-corrected chi connectivity index (χ0v) is 12.5. The SMILES string of the molecule is O=C(O)c1ccc2ccc3c(C(=O)O)c4ccccc4cc3c2c1. The summed E-state index contributed by atoms with van der Waals surface area (Å²) in [5, 5.41) is 23.4. The molecule has 0 spiro atoms. The minimum Gasteiger partial charge on any atom is -0.478 e. The highest BCUT2D eigenvalue weighted by atomic mass is 16.4. The third kappa shape index (κ3) is 2.01. The Morgan fingerprint density at radius 3 is 2.12 bits per heavy atom. The first kappa shape index (κ1) is 14.2. The average Bonchev–Trinajstić information content (AvgIpc) is 2.58. The molecule has 2 N–H and O–H groups in total. The molecule has 0 saturated heterocycles. The Morgan fingerprint density at radius 2 is 1.38 bits per heavy atom. The number of fused-ring (bicyclic) bond motifs is 4. The van der Waals surface area contributed by atoms with Gasteiger partial charge in [0.25, 0.3) is 0 Å². The van der Waals surface area contributed by atoms with Gasteiger partial charge in [0.15, 0.2) is 0 Å². The predicted molar refractivity (Wildman–Crippen MR) is 92.9 cm³/mol. The number of carbonyl (C=O) groups is 2. The lowest BCUT2D eigenvalue weighted by molar-refractivity contribution is 0.0688. The highest BCUT2D eigenvalue weighted by molar-refractivity contribution is 6.22. The molecule has 4 aromatic carbocycles. The number of hydrogen-bond donors (Lipinski definition) is 2. The highest BCUT2D eigenvalue weighted by Gasteiger charge is 2.16. The summed E-state index contributed by atoms with van der Waals surface area (Å²) in [5.41, 5.74) is 0.422. The van der Waals surface area contributed by atoms with Crippen LogP contribution in [0.15, 0.2) is 60.7 Å². The van der Waals surface area contributed by atoms with Gasteiger partial charge in [-0.3, -0.25) is 0 Å². The molecule has 0 aliphatic carbocycles. The summed E-state index contributed by atoms with van der Waals surface area (Å²) in [7, 11) is 0. The van der Waals surface area contributed by atoms with Gasteiger partial charge < -0.3 is 10.2 Å². The third-order valence-electron chi connectivity index (χ3n) is 4.32. The van der Waals surface area contributed by atoms with Crippen molar-refractivity contribution in [3.63, 3.8) is 0 Å². The summed E-state index contributed by atoms with van der Waals surface area (Å²) in [4.78, 5) is 23.1. The van der Waals surface area contributed by atoms with Crippen LogP contribution in [0.3, 0.4) is 0 Å². The number of hydrogen-bond acceptors (Lipinski definition) is 2. The number of rotatable bonds is 2. The lowest BCUT2D eigenvalue weighted by Gasteiger charge is -2.11. The van der Waals surface area contributed by atoms with Crippen molar-refractivity contribution >= 4 is 44.3 Å². The standard InChI is InChI=1S/C20H12O4/c21-19(22)13-6-5-11-7-8-15-17(16(11)10-13)9-12-3-1-2-4-14(12)18(15)20(23)24/h1-10H,(H,21,22)(H,23,24). The molecule has 4 rings (SSSR count). The number of aromatic carboxylic acids is 2. The topological polar surface area (TPSA) is 74.6 Å². The van der Waals surface area contributed by atoms with Crippen molar-refractivity contribution in [2.45, 2.75) is 0 Å². The van der Waals surface area contributed by atoms with Gasteiger partial charge in [0, 0.05) is 0 Å². The van der Waals surface area contributed by atoms with Crippen molar-refractivity contribution < 1.29 is 19.8 Å². The fourth-order valence-electron chi connectivity index (χ4n) is 3.23. The molecular formula is C20H12O4. The van der Waals surface area contributed by atoms with Crippen LogP contribution in [0.1, 0.15) is 20.7 Å². The van der Waals surface area contributed by atoms with E-state index in [1.807, 2.05) is 30.3 Å². The number of carboxylic acids is 2. The molecule has 0 heterocycles. The van der Waals surface area contributed by atoms with Crippen LogP contribution in [-0.2, 0) is 0 Å². The smallest absolute Gasteiger partial charge is 0.336 e. The zero-order chi connectivity index (χ0) is 16.8. The highest BCUT2D eigenvalue weighted by Crippen LogP contribution is 2.33. The first-order valence-corrected chi connectivity index (χ1v) is 7.41. The van der Waals surface area contributed by atoms with Crippen LogP contribution in [0.4, 0.5) is 0 Å². The normalized spacial score (nSPS) is 11.2. The van der Waals surface area contributed by atoms with Crippen molar-refractivity contribution in [2.75, 3.05) is 0 Å². The van der Waals surface area contributed by atoms with E-state index in [1.165, 1.54) is 0 Å². The van der Waals surface area contributed by atoms with Crippen molar-refractivity contribution in [3.8, 4) is 0 Å². The van der Waals surface area contributed by atoms with Crippen LogP contribution in [0.5, 0.6) is 0 Å². The van der Waals surface area contributed by atoms with E-state index in [4.69, 9.17) is 0 Å². The second kappa shape index (κ2) is 5.06. The second-order valence-corrected chi connectivity index (χ2v) is 5.68. The fourth-order valence-corrected chi connectivity index (χ4v) is 3.23. The van der Waals surface area contributed by atoms with E-state index in [0.29, 0.717) is 10.8 Å². The molecule has 0 aliphatic rings. The summed E-state index contributed by atoms with van der Waals surface area (Å²) in [6.07, 6.45) is 0. The van der Waals surface area contributed by atoms with Gasteiger partial charge in [-0.05, 0) is 50.5 Å². The average molecular weight is 316 g/mol. The Morgan fingerprint density at radius 1 is 0.625 bits per heavy atom. The Bertz CT molecular complexity index is 1160. The molecule has 0 aliphatic heterocycles. The molecular weight excluding hydrogens is 304 g/mol. The van der Waals surface area contributed by atoms with Crippen molar-refractivity contribution in [2.24, 2.45) is 0 Å². The molecule has 0 aromatic heterocycles. The summed E-state index contributed by atoms with van der Waals surface area (Å²) in [5.74, 6) is -2.00. The van der Waals surface area contributed by atoms with Crippen molar-refractivity contribution in [1.82, 2.24) is 0 Å². The van der Waals surface area contributed by atoms with Gasteiger partial charge in [0.2, 0.25) is 0 Å². The minimum absolute atomic E-state index is 0.181. The number of benzene rings is 4. The molecule has 0 unspecified atom stereocenters. The van der Waals surface area contributed by atoms with E-state index >= 15 is 0 Å². The Hall–Kier alpha value is -3.40. The number of carboxylic acid groups (broad SMARTS) is 2. The van der Waals surface area contributed by atoms with Crippen LogP contribution in [-0.4, -0.2) is 22.2 Å². The minimum atomic E-state index is -1.01. The lowest BCUT2D eigenvalue weighted by Crippen LogP contribution is -2.00. The lowest BCUT2D eigenvalue weighted by atomic mass is 9.93. The van der Waals surface area contributed by atoms with Gasteiger partial charge in [0.1, 0.15) is 0 Å². The predicted octanol–water partition coefficient (Wildman–Crippen LogP) is 4.54. The van der Waals surface area contributed by atoms with Crippen LogP contribution in [0, 0.1) is 0 Å². The van der Waals surface area contributed by atoms with Gasteiger partial charge in [-0.15, -0.1) is 0 Å². The summed E-state index contributed by atoms with van der Waals surface area (Å²) >= 11 is 0. The quantitative estimate of drug-likeness (QED) is 0.420. The molecule has 4 aromatic rings. The first-order valence-electron chi connectivity index (χ1n) is 7.41. The van der Waals surface area contributed by atoms with Crippen molar-refractivity contribution in [3.05, 3.63) is 71.8 Å². The molecule has 0 saturated carbocycles. The van der Waals surface area contributed by atoms with Gasteiger partial charge in [-0.25, -0.2) is 9.59 Å². The zero-order valence-electron chi connectivity index (χ0n) is 12.5. The van der Waals surface area contributed by atoms with Crippen LogP contribution < -0.4 is 0 Å². The Kier molecular flexibility index (Phi) is 3.00. The molecule has 0 atom stereocenters. The Balaban J connectivity index is 2.26. The maximum atomic E-state index is 11.8.